The van der Waals surface area contributed by atoms with Crippen molar-refractivity contribution in [3.63, 3.8) is 0 Å². The summed E-state index contributed by atoms with van der Waals surface area (Å²) in [5, 5.41) is 11.2. The van der Waals surface area contributed by atoms with Crippen LogP contribution in [-0.4, -0.2) is 43.8 Å². The highest BCUT2D eigenvalue weighted by atomic mass is 19.3. The maximum absolute atomic E-state index is 11.8. The number of halogens is 2. The Hall–Kier alpha value is -1.97. The summed E-state index contributed by atoms with van der Waals surface area (Å²) < 4.78 is 28.3. The van der Waals surface area contributed by atoms with E-state index in [1.165, 1.54) is 0 Å². The van der Waals surface area contributed by atoms with E-state index in [9.17, 15) is 13.6 Å². The molecule has 6 heteroatoms. The number of aliphatic hydroxyl groups is 1. The Kier molecular flexibility index (Phi) is 7.37. The van der Waals surface area contributed by atoms with E-state index in [0.29, 0.717) is 5.56 Å². The molecule has 0 saturated carbocycles. The summed E-state index contributed by atoms with van der Waals surface area (Å²) in [4.78, 5) is 11.8. The molecule has 0 spiro atoms. The average molecular weight is 297 g/mol. The molecular weight excluding hydrogens is 280 g/mol. The average Bonchev–Trinajstić information content (AvgIpc) is 2.45. The van der Waals surface area contributed by atoms with Crippen molar-refractivity contribution in [1.82, 2.24) is 5.32 Å². The molecule has 1 aromatic carbocycles. The van der Waals surface area contributed by atoms with Crippen molar-refractivity contribution in [1.29, 1.82) is 0 Å². The third-order valence-electron chi connectivity index (χ3n) is 2.57. The third kappa shape index (κ3) is 6.34. The summed E-state index contributed by atoms with van der Waals surface area (Å²) in [6.45, 7) is 1.16. The molecule has 0 atom stereocenters. The molecule has 0 aromatic heterocycles. The van der Waals surface area contributed by atoms with E-state index in [0.717, 1.165) is 11.1 Å². The van der Waals surface area contributed by atoms with Crippen molar-refractivity contribution < 1.29 is 23.4 Å². The number of carbonyl (C=O) groups is 1. The van der Waals surface area contributed by atoms with Crippen LogP contribution in [0.1, 0.15) is 21.5 Å². The van der Waals surface area contributed by atoms with E-state index in [4.69, 9.17) is 5.11 Å². The predicted molar refractivity (Wildman–Crippen MR) is 74.3 cm³/mol. The Labute approximate surface area is 122 Å². The van der Waals surface area contributed by atoms with E-state index in [1.807, 2.05) is 6.92 Å². The normalized spacial score (nSPS) is 10.1. The summed E-state index contributed by atoms with van der Waals surface area (Å²) in [6, 6.07) is 4.99. The van der Waals surface area contributed by atoms with Crippen molar-refractivity contribution in [2.75, 3.05) is 26.4 Å². The minimum Gasteiger partial charge on any atom is -0.384 e. The van der Waals surface area contributed by atoms with Crippen LogP contribution in [0.5, 0.6) is 0 Å². The van der Waals surface area contributed by atoms with Crippen molar-refractivity contribution in [3.05, 3.63) is 34.9 Å². The number of amides is 1. The van der Waals surface area contributed by atoms with Gasteiger partial charge in [0.1, 0.15) is 13.2 Å². The number of ether oxygens (including phenoxy) is 1. The summed E-state index contributed by atoms with van der Waals surface area (Å²) in [6.07, 6.45) is -2.50. The van der Waals surface area contributed by atoms with Crippen LogP contribution in [0.2, 0.25) is 0 Å². The number of aryl methyl sites for hydroxylation is 1. The van der Waals surface area contributed by atoms with Crippen LogP contribution in [0.25, 0.3) is 0 Å². The van der Waals surface area contributed by atoms with E-state index < -0.39 is 13.0 Å². The molecule has 0 aliphatic carbocycles. The molecule has 0 heterocycles. The van der Waals surface area contributed by atoms with Crippen LogP contribution in [0, 0.1) is 18.8 Å². The second-order valence-electron chi connectivity index (χ2n) is 4.21. The molecule has 0 saturated heterocycles. The van der Waals surface area contributed by atoms with Gasteiger partial charge in [-0.15, -0.1) is 0 Å². The maximum atomic E-state index is 11.8. The molecule has 0 bridgehead atoms. The molecular formula is C15H17F2NO3. The summed E-state index contributed by atoms with van der Waals surface area (Å²) >= 11 is 0. The lowest BCUT2D eigenvalue weighted by Gasteiger charge is -2.07. The molecule has 0 radical (unpaired) electrons. The van der Waals surface area contributed by atoms with Gasteiger partial charge >= 0.3 is 0 Å². The SMILES string of the molecule is Cc1cc(C(=O)NCCOCC(F)F)ccc1C#CCO. The van der Waals surface area contributed by atoms with Gasteiger partial charge in [0, 0.05) is 17.7 Å². The quantitative estimate of drug-likeness (QED) is 0.615. The Morgan fingerprint density at radius 3 is 2.86 bits per heavy atom. The molecule has 1 rings (SSSR count). The summed E-state index contributed by atoms with van der Waals surface area (Å²) in [5.41, 5.74) is 2.01. The Bertz CT molecular complexity index is 535. The lowest BCUT2D eigenvalue weighted by molar-refractivity contribution is 0.0188. The number of nitrogens with one attached hydrogen (secondary N) is 1. The van der Waals surface area contributed by atoms with E-state index in [1.54, 1.807) is 18.2 Å². The molecule has 114 valence electrons. The van der Waals surface area contributed by atoms with Crippen LogP contribution in [0.4, 0.5) is 8.78 Å². The fourth-order valence-corrected chi connectivity index (χ4v) is 1.59. The van der Waals surface area contributed by atoms with Crippen molar-refractivity contribution in [3.8, 4) is 11.8 Å². The van der Waals surface area contributed by atoms with Crippen molar-refractivity contribution in [2.45, 2.75) is 13.3 Å². The molecule has 21 heavy (non-hydrogen) atoms. The standard InChI is InChI=1S/C15H17F2NO3/c1-11-9-13(5-4-12(11)3-2-7-19)15(20)18-6-8-21-10-14(16)17/h4-5,9,14,19H,6-8,10H2,1H3,(H,18,20). The fourth-order valence-electron chi connectivity index (χ4n) is 1.59. The number of rotatable bonds is 6. The first-order valence-corrected chi connectivity index (χ1v) is 6.39. The lowest BCUT2D eigenvalue weighted by atomic mass is 10.0. The molecule has 1 aromatic rings. The van der Waals surface area contributed by atoms with Gasteiger partial charge in [-0.2, -0.15) is 0 Å². The minimum absolute atomic E-state index is 0.0368. The molecule has 0 unspecified atom stereocenters. The van der Waals surface area contributed by atoms with Gasteiger partial charge in [-0.1, -0.05) is 11.8 Å². The molecule has 1 amide bonds. The number of aliphatic hydroxyl groups excluding tert-OH is 1. The van der Waals surface area contributed by atoms with Gasteiger partial charge in [0.05, 0.1) is 6.61 Å². The smallest absolute Gasteiger partial charge is 0.261 e. The largest absolute Gasteiger partial charge is 0.384 e. The van der Waals surface area contributed by atoms with Crippen LogP contribution in [0.15, 0.2) is 18.2 Å². The predicted octanol–water partition coefficient (Wildman–Crippen LogP) is 1.35. The number of carbonyl (C=O) groups excluding carboxylic acids is 1. The first kappa shape index (κ1) is 17.1. The monoisotopic (exact) mass is 297 g/mol. The van der Waals surface area contributed by atoms with Crippen LogP contribution in [-0.2, 0) is 4.74 Å². The molecule has 2 N–H and O–H groups in total. The summed E-state index contributed by atoms with van der Waals surface area (Å²) in [5.74, 6) is 5.01. The number of benzene rings is 1. The second-order valence-corrected chi connectivity index (χ2v) is 4.21. The number of hydrogen-bond donors (Lipinski definition) is 2. The highest BCUT2D eigenvalue weighted by Gasteiger charge is 2.07. The summed E-state index contributed by atoms with van der Waals surface area (Å²) in [7, 11) is 0. The van der Waals surface area contributed by atoms with E-state index in [-0.39, 0.29) is 25.7 Å². The minimum atomic E-state index is -2.50. The van der Waals surface area contributed by atoms with Crippen molar-refractivity contribution in [2.24, 2.45) is 0 Å². The van der Waals surface area contributed by atoms with Crippen molar-refractivity contribution >= 4 is 5.91 Å². The first-order valence-electron chi connectivity index (χ1n) is 6.39. The third-order valence-corrected chi connectivity index (χ3v) is 2.57. The molecule has 0 aliphatic rings. The van der Waals surface area contributed by atoms with Gasteiger partial charge in [-0.3, -0.25) is 4.79 Å². The van der Waals surface area contributed by atoms with Gasteiger partial charge in [-0.05, 0) is 30.7 Å². The molecule has 0 fully saturated rings. The Morgan fingerprint density at radius 2 is 2.24 bits per heavy atom. The highest BCUT2D eigenvalue weighted by Crippen LogP contribution is 2.10. The van der Waals surface area contributed by atoms with Gasteiger partial charge < -0.3 is 15.2 Å². The zero-order valence-corrected chi connectivity index (χ0v) is 11.7. The van der Waals surface area contributed by atoms with Gasteiger partial charge in [-0.25, -0.2) is 8.78 Å². The highest BCUT2D eigenvalue weighted by molar-refractivity contribution is 5.94. The Balaban J connectivity index is 2.49. The van der Waals surface area contributed by atoms with Crippen LogP contribution >= 0.6 is 0 Å². The fraction of sp³-hybridized carbons (Fsp3) is 0.400. The second kappa shape index (κ2) is 9.06. The number of hydrogen-bond acceptors (Lipinski definition) is 3. The first-order chi connectivity index (χ1) is 10.0. The zero-order chi connectivity index (χ0) is 15.7. The van der Waals surface area contributed by atoms with Gasteiger partial charge in [0.2, 0.25) is 0 Å². The van der Waals surface area contributed by atoms with Gasteiger partial charge in [0.25, 0.3) is 12.3 Å². The number of alkyl halides is 2. The van der Waals surface area contributed by atoms with Gasteiger partial charge in [0.15, 0.2) is 0 Å². The lowest BCUT2D eigenvalue weighted by Crippen LogP contribution is -2.27. The maximum Gasteiger partial charge on any atom is 0.261 e. The van der Waals surface area contributed by atoms with Crippen LogP contribution < -0.4 is 5.32 Å². The molecule has 0 aliphatic heterocycles. The van der Waals surface area contributed by atoms with Crippen LogP contribution in [0.3, 0.4) is 0 Å². The van der Waals surface area contributed by atoms with E-state index >= 15 is 0 Å². The zero-order valence-electron chi connectivity index (χ0n) is 11.7. The van der Waals surface area contributed by atoms with E-state index in [2.05, 4.69) is 21.9 Å². The Morgan fingerprint density at radius 1 is 1.48 bits per heavy atom. The molecule has 4 nitrogen and oxygen atoms in total. The topological polar surface area (TPSA) is 58.6 Å².